The van der Waals surface area contributed by atoms with Crippen LogP contribution < -0.4 is 9.77 Å². The zero-order chi connectivity index (χ0) is 13.9. The van der Waals surface area contributed by atoms with Gasteiger partial charge in [-0.25, -0.2) is 0 Å². The summed E-state index contributed by atoms with van der Waals surface area (Å²) >= 11 is 16.4. The third-order valence-electron chi connectivity index (χ3n) is 2.55. The van der Waals surface area contributed by atoms with Crippen molar-refractivity contribution in [2.24, 2.45) is 0 Å². The fraction of sp³-hybridized carbons (Fsp3) is 0.273. The number of hydrogen-bond acceptors (Lipinski definition) is 3. The van der Waals surface area contributed by atoms with Crippen LogP contribution in [-0.4, -0.2) is 5.27 Å². The predicted octanol–water partition coefficient (Wildman–Crippen LogP) is 3.88. The minimum Gasteiger partial charge on any atom is -0.298 e. The van der Waals surface area contributed by atoms with E-state index in [9.17, 15) is 0 Å². The standard InChI is InChI=1S/C11H13Cl2N3OPS/c1-9(7-10-5-3-2-4-6-10)16-8-11(17-15-16)14-18(12,13)19/h2-6,8-9H,7H2,1H3,(H,14,19)/q+1. The van der Waals surface area contributed by atoms with E-state index in [1.165, 1.54) is 5.56 Å². The predicted molar refractivity (Wildman–Crippen MR) is 81.2 cm³/mol. The van der Waals surface area contributed by atoms with Crippen LogP contribution in [0.3, 0.4) is 0 Å². The molecule has 0 fully saturated rings. The van der Waals surface area contributed by atoms with Gasteiger partial charge in [0.25, 0.3) is 6.20 Å². The average molecular weight is 337 g/mol. The fourth-order valence-electron chi connectivity index (χ4n) is 1.69. The summed E-state index contributed by atoms with van der Waals surface area (Å²) in [6.45, 7) is 2.05. The second kappa shape index (κ2) is 6.23. The van der Waals surface area contributed by atoms with E-state index in [1.54, 1.807) is 10.9 Å². The maximum atomic E-state index is 5.77. The van der Waals surface area contributed by atoms with Crippen molar-refractivity contribution in [3.05, 3.63) is 42.1 Å². The van der Waals surface area contributed by atoms with Gasteiger partial charge >= 0.3 is 5.88 Å². The molecule has 19 heavy (non-hydrogen) atoms. The molecule has 4 nitrogen and oxygen atoms in total. The summed E-state index contributed by atoms with van der Waals surface area (Å²) in [6.07, 6.45) is 2.56. The second-order valence-electron chi connectivity index (χ2n) is 4.16. The van der Waals surface area contributed by atoms with E-state index in [0.717, 1.165) is 6.42 Å². The van der Waals surface area contributed by atoms with Crippen LogP contribution in [0.4, 0.5) is 5.88 Å². The Balaban J connectivity index is 2.04. The topological polar surface area (TPSA) is 41.9 Å². The van der Waals surface area contributed by atoms with Gasteiger partial charge in [-0.1, -0.05) is 30.3 Å². The first-order valence-corrected chi connectivity index (χ1v) is 10.2. The quantitative estimate of drug-likeness (QED) is 0.664. The van der Waals surface area contributed by atoms with Crippen LogP contribution in [0.1, 0.15) is 18.5 Å². The Bertz CT molecular complexity index is 587. The largest absolute Gasteiger partial charge is 0.301 e. The molecule has 1 aromatic carbocycles. The van der Waals surface area contributed by atoms with Crippen LogP contribution in [0.5, 0.6) is 0 Å². The molecule has 1 heterocycles. The van der Waals surface area contributed by atoms with Gasteiger partial charge in [-0.05, 0) is 44.5 Å². The summed E-state index contributed by atoms with van der Waals surface area (Å²) in [5, 5.41) is 6.66. The van der Waals surface area contributed by atoms with Crippen LogP contribution in [0, 0.1) is 0 Å². The fourth-order valence-corrected chi connectivity index (χ4v) is 2.82. The molecule has 0 aliphatic rings. The van der Waals surface area contributed by atoms with Crippen LogP contribution >= 0.6 is 27.4 Å². The van der Waals surface area contributed by atoms with Crippen LogP contribution in [0.2, 0.25) is 0 Å². The molecule has 0 saturated heterocycles. The highest BCUT2D eigenvalue weighted by atomic mass is 35.9. The highest BCUT2D eigenvalue weighted by Crippen LogP contribution is 2.55. The smallest absolute Gasteiger partial charge is 0.298 e. The first kappa shape index (κ1) is 14.8. The SMILES string of the molecule is CC(Cc1ccccc1)[n+]1cc(NP(=S)(Cl)Cl)on1. The molecular weight excluding hydrogens is 324 g/mol. The number of hydrogen-bond donors (Lipinski definition) is 1. The maximum absolute atomic E-state index is 5.77. The van der Waals surface area contributed by atoms with Crippen molar-refractivity contribution in [1.29, 1.82) is 0 Å². The molecule has 1 aromatic heterocycles. The van der Waals surface area contributed by atoms with Gasteiger partial charge in [0.1, 0.15) is 0 Å². The third kappa shape index (κ3) is 4.77. The van der Waals surface area contributed by atoms with E-state index in [2.05, 4.69) is 29.4 Å². The zero-order valence-corrected chi connectivity index (χ0v) is 13.4. The van der Waals surface area contributed by atoms with Crippen molar-refractivity contribution in [1.82, 2.24) is 5.27 Å². The summed E-state index contributed by atoms with van der Waals surface area (Å²) < 4.78 is 6.81. The summed E-state index contributed by atoms with van der Waals surface area (Å²) in [5.74, 6) is 0.383. The molecule has 0 radical (unpaired) electrons. The molecule has 0 bridgehead atoms. The molecule has 0 saturated carbocycles. The molecule has 1 atom stereocenters. The Morgan fingerprint density at radius 2 is 2.11 bits per heavy atom. The van der Waals surface area contributed by atoms with E-state index in [4.69, 9.17) is 38.8 Å². The minimum absolute atomic E-state index is 0.158. The van der Waals surface area contributed by atoms with Gasteiger partial charge in [0.15, 0.2) is 6.04 Å². The average Bonchev–Trinajstić information content (AvgIpc) is 2.76. The molecule has 102 valence electrons. The molecule has 0 aliphatic carbocycles. The highest BCUT2D eigenvalue weighted by molar-refractivity contribution is 8.39. The summed E-state index contributed by atoms with van der Waals surface area (Å²) in [4.78, 5) is -2.59. The van der Waals surface area contributed by atoms with Crippen LogP contribution in [-0.2, 0) is 18.2 Å². The zero-order valence-electron chi connectivity index (χ0n) is 10.2. The van der Waals surface area contributed by atoms with Crippen molar-refractivity contribution in [3.8, 4) is 0 Å². The summed E-state index contributed by atoms with van der Waals surface area (Å²) in [5.41, 5.74) is 1.24. The molecule has 0 spiro atoms. The highest BCUT2D eigenvalue weighted by Gasteiger charge is 2.22. The lowest BCUT2D eigenvalue weighted by atomic mass is 10.1. The van der Waals surface area contributed by atoms with Crippen molar-refractivity contribution in [2.45, 2.75) is 19.4 Å². The van der Waals surface area contributed by atoms with Crippen molar-refractivity contribution in [3.63, 3.8) is 0 Å². The van der Waals surface area contributed by atoms with E-state index < -0.39 is 4.89 Å². The van der Waals surface area contributed by atoms with Crippen LogP contribution in [0.15, 0.2) is 41.1 Å². The number of rotatable bonds is 5. The van der Waals surface area contributed by atoms with E-state index in [-0.39, 0.29) is 6.04 Å². The summed E-state index contributed by atoms with van der Waals surface area (Å²) in [6, 6.07) is 10.3. The van der Waals surface area contributed by atoms with Gasteiger partial charge in [-0.3, -0.25) is 9.61 Å². The molecule has 1 unspecified atom stereocenters. The number of halogens is 2. The van der Waals surface area contributed by atoms with Crippen molar-refractivity contribution < 1.29 is 9.20 Å². The van der Waals surface area contributed by atoms with Gasteiger partial charge in [0.05, 0.1) is 0 Å². The van der Waals surface area contributed by atoms with E-state index in [1.807, 2.05) is 18.2 Å². The van der Waals surface area contributed by atoms with Gasteiger partial charge in [-0.2, -0.15) is 0 Å². The van der Waals surface area contributed by atoms with Gasteiger partial charge in [0, 0.05) is 13.3 Å². The Kier molecular flexibility index (Phi) is 4.85. The monoisotopic (exact) mass is 336 g/mol. The van der Waals surface area contributed by atoms with E-state index in [0.29, 0.717) is 5.88 Å². The van der Waals surface area contributed by atoms with E-state index >= 15 is 0 Å². The molecule has 8 heteroatoms. The summed E-state index contributed by atoms with van der Waals surface area (Å²) in [7, 11) is 0. The van der Waals surface area contributed by atoms with Gasteiger partial charge < -0.3 is 0 Å². The molecule has 0 aliphatic heterocycles. The molecule has 1 N–H and O–H groups in total. The number of benzene rings is 1. The molecule has 2 aromatic rings. The molecule has 2 rings (SSSR count). The number of anilines is 1. The molecule has 0 amide bonds. The van der Waals surface area contributed by atoms with Crippen LogP contribution in [0.25, 0.3) is 0 Å². The molecular formula is C11H13Cl2N3OPS+. The first-order valence-electron chi connectivity index (χ1n) is 5.64. The third-order valence-corrected chi connectivity index (χ3v) is 3.81. The lowest BCUT2D eigenvalue weighted by molar-refractivity contribution is -0.782. The van der Waals surface area contributed by atoms with Crippen molar-refractivity contribution in [2.75, 3.05) is 5.09 Å². The minimum atomic E-state index is -2.59. The number of nitrogens with zero attached hydrogens (tertiary/aromatic N) is 2. The normalized spacial score (nSPS) is 13.2. The Morgan fingerprint density at radius 1 is 1.42 bits per heavy atom. The maximum Gasteiger partial charge on any atom is 0.301 e. The Labute approximate surface area is 126 Å². The lowest BCUT2D eigenvalue weighted by Gasteiger charge is -2.02. The Morgan fingerprint density at radius 3 is 2.74 bits per heavy atom. The first-order chi connectivity index (χ1) is 8.94. The number of aromatic nitrogens is 2. The Hall–Kier alpha value is -0.610. The lowest BCUT2D eigenvalue weighted by Crippen LogP contribution is -2.40. The van der Waals surface area contributed by atoms with Gasteiger partial charge in [-0.15, -0.1) is 0 Å². The number of nitrogens with one attached hydrogen (secondary N) is 1. The van der Waals surface area contributed by atoms with Gasteiger partial charge in [0.2, 0.25) is 10.2 Å². The van der Waals surface area contributed by atoms with Crippen molar-refractivity contribution >= 4 is 45.1 Å². The second-order valence-corrected chi connectivity index (χ2v) is 11.7.